The molecule has 0 aliphatic carbocycles. The maximum Gasteiger partial charge on any atom is 0.231 e. The van der Waals surface area contributed by atoms with Gasteiger partial charge in [-0.1, -0.05) is 49.8 Å². The number of carbonyl (C=O) groups excluding carboxylic acids is 2. The molecule has 8 heteroatoms. The Morgan fingerprint density at radius 2 is 2.15 bits per heavy atom. The van der Waals surface area contributed by atoms with Crippen LogP contribution in [0.3, 0.4) is 0 Å². The normalized spacial score (nSPS) is 17.4. The molecule has 2 aromatic rings. The van der Waals surface area contributed by atoms with Crippen molar-refractivity contribution in [1.29, 1.82) is 0 Å². The smallest absolute Gasteiger partial charge is 0.231 e. The summed E-state index contributed by atoms with van der Waals surface area (Å²) in [5.74, 6) is -0.0844. The van der Waals surface area contributed by atoms with Gasteiger partial charge in [-0.05, 0) is 31.0 Å². The summed E-state index contributed by atoms with van der Waals surface area (Å²) in [4.78, 5) is 26.5. The van der Waals surface area contributed by atoms with Gasteiger partial charge in [-0.2, -0.15) is 0 Å². The average Bonchev–Trinajstić information content (AvgIpc) is 3.24. The Labute approximate surface area is 167 Å². The molecule has 1 fully saturated rings. The highest BCUT2D eigenvalue weighted by Crippen LogP contribution is 2.35. The van der Waals surface area contributed by atoms with Gasteiger partial charge in [0.25, 0.3) is 0 Å². The lowest BCUT2D eigenvalue weighted by atomic mass is 9.89. The van der Waals surface area contributed by atoms with Gasteiger partial charge in [-0.15, -0.1) is 10.2 Å². The number of aromatic nitrogens is 2. The molecule has 0 radical (unpaired) electrons. The molecule has 1 aromatic heterocycles. The monoisotopic (exact) mass is 406 g/mol. The Kier molecular flexibility index (Phi) is 5.53. The minimum atomic E-state index is -0.462. The van der Waals surface area contributed by atoms with E-state index < -0.39 is 5.41 Å². The number of amides is 2. The van der Waals surface area contributed by atoms with Crippen LogP contribution in [0.15, 0.2) is 18.2 Å². The van der Waals surface area contributed by atoms with E-state index in [-0.39, 0.29) is 17.7 Å². The van der Waals surface area contributed by atoms with Crippen molar-refractivity contribution in [1.82, 2.24) is 10.2 Å². The Hall–Kier alpha value is -1.99. The minimum absolute atomic E-state index is 0.0350. The first-order chi connectivity index (χ1) is 12.7. The van der Waals surface area contributed by atoms with Crippen molar-refractivity contribution in [2.45, 2.75) is 46.5 Å². The molecule has 2 heterocycles. The molecule has 0 spiro atoms. The summed E-state index contributed by atoms with van der Waals surface area (Å²) < 4.78 is 0. The molecule has 1 atom stereocenters. The predicted molar refractivity (Wildman–Crippen MR) is 109 cm³/mol. The summed E-state index contributed by atoms with van der Waals surface area (Å²) in [5, 5.41) is 13.0. The molecule has 3 rings (SSSR count). The van der Waals surface area contributed by atoms with E-state index in [1.54, 1.807) is 4.90 Å². The van der Waals surface area contributed by atoms with Crippen molar-refractivity contribution in [2.75, 3.05) is 16.8 Å². The Morgan fingerprint density at radius 1 is 1.41 bits per heavy atom. The van der Waals surface area contributed by atoms with Gasteiger partial charge in [0.15, 0.2) is 0 Å². The number of hydrogen-bond donors (Lipinski definition) is 1. The van der Waals surface area contributed by atoms with Gasteiger partial charge >= 0.3 is 0 Å². The van der Waals surface area contributed by atoms with Crippen molar-refractivity contribution in [3.8, 4) is 0 Å². The molecule has 1 saturated heterocycles. The molecule has 0 bridgehead atoms. The van der Waals surface area contributed by atoms with Crippen LogP contribution in [0.1, 0.15) is 50.1 Å². The lowest BCUT2D eigenvalue weighted by molar-refractivity contribution is -0.124. The summed E-state index contributed by atoms with van der Waals surface area (Å²) in [7, 11) is 0. The molecule has 1 aromatic carbocycles. The number of halogens is 1. The van der Waals surface area contributed by atoms with Crippen LogP contribution in [0.2, 0.25) is 5.02 Å². The summed E-state index contributed by atoms with van der Waals surface area (Å²) in [6, 6.07) is 5.63. The van der Waals surface area contributed by atoms with E-state index in [1.807, 2.05) is 45.9 Å². The third kappa shape index (κ3) is 4.14. The maximum absolute atomic E-state index is 12.5. The molecule has 1 aliphatic rings. The zero-order chi connectivity index (χ0) is 19.8. The van der Waals surface area contributed by atoms with Crippen molar-refractivity contribution >= 4 is 45.6 Å². The standard InChI is InChI=1S/C19H23ClN4O2S/c1-5-19(3,4)17(26)21-18-23-22-16(27-18)12-8-15(25)24(10-12)13-7-6-11(2)14(20)9-13/h6-7,9,12H,5,8,10H2,1-4H3,(H,21,23,26)/t12-/m0/s1. The third-order valence-electron chi connectivity index (χ3n) is 5.10. The van der Waals surface area contributed by atoms with Gasteiger partial charge < -0.3 is 10.2 Å². The summed E-state index contributed by atoms with van der Waals surface area (Å²) in [6.07, 6.45) is 1.10. The number of rotatable bonds is 5. The first-order valence-corrected chi connectivity index (χ1v) is 10.1. The molecular weight excluding hydrogens is 384 g/mol. The highest BCUT2D eigenvalue weighted by molar-refractivity contribution is 7.15. The van der Waals surface area contributed by atoms with Crippen LogP contribution in [0.25, 0.3) is 0 Å². The van der Waals surface area contributed by atoms with E-state index in [4.69, 9.17) is 11.6 Å². The average molecular weight is 407 g/mol. The summed E-state index contributed by atoms with van der Waals surface area (Å²) in [5.41, 5.74) is 1.31. The van der Waals surface area contributed by atoms with Crippen LogP contribution in [0.4, 0.5) is 10.8 Å². The molecule has 6 nitrogen and oxygen atoms in total. The first kappa shape index (κ1) is 19.8. The van der Waals surface area contributed by atoms with Crippen LogP contribution >= 0.6 is 22.9 Å². The van der Waals surface area contributed by atoms with Crippen molar-refractivity contribution in [2.24, 2.45) is 5.41 Å². The van der Waals surface area contributed by atoms with Gasteiger partial charge in [-0.25, -0.2) is 0 Å². The van der Waals surface area contributed by atoms with E-state index in [0.717, 1.165) is 22.7 Å². The summed E-state index contributed by atoms with van der Waals surface area (Å²) >= 11 is 7.53. The minimum Gasteiger partial charge on any atom is -0.312 e. The van der Waals surface area contributed by atoms with Crippen LogP contribution < -0.4 is 10.2 Å². The Balaban J connectivity index is 1.71. The number of hydrogen-bond acceptors (Lipinski definition) is 5. The number of nitrogens with zero attached hydrogens (tertiary/aromatic N) is 3. The number of anilines is 2. The van der Waals surface area contributed by atoms with Crippen molar-refractivity contribution in [3.05, 3.63) is 33.8 Å². The molecular formula is C19H23ClN4O2S. The van der Waals surface area contributed by atoms with Gasteiger partial charge in [0, 0.05) is 35.0 Å². The van der Waals surface area contributed by atoms with Gasteiger partial charge in [0.1, 0.15) is 5.01 Å². The number of carbonyl (C=O) groups is 2. The zero-order valence-electron chi connectivity index (χ0n) is 15.9. The molecule has 1 N–H and O–H groups in total. The van der Waals surface area contributed by atoms with Crippen LogP contribution in [0, 0.1) is 12.3 Å². The Morgan fingerprint density at radius 3 is 2.81 bits per heavy atom. The molecule has 2 amide bonds. The molecule has 1 aliphatic heterocycles. The van der Waals surface area contributed by atoms with Crippen molar-refractivity contribution in [3.63, 3.8) is 0 Å². The van der Waals surface area contributed by atoms with E-state index in [1.165, 1.54) is 11.3 Å². The largest absolute Gasteiger partial charge is 0.312 e. The molecule has 144 valence electrons. The number of nitrogens with one attached hydrogen (secondary N) is 1. The highest BCUT2D eigenvalue weighted by Gasteiger charge is 2.34. The molecule has 0 unspecified atom stereocenters. The molecule has 27 heavy (non-hydrogen) atoms. The fraction of sp³-hybridized carbons (Fsp3) is 0.474. The quantitative estimate of drug-likeness (QED) is 0.798. The zero-order valence-corrected chi connectivity index (χ0v) is 17.4. The fourth-order valence-electron chi connectivity index (χ4n) is 2.75. The van der Waals surface area contributed by atoms with E-state index in [9.17, 15) is 9.59 Å². The molecule has 0 saturated carbocycles. The van der Waals surface area contributed by atoms with Crippen molar-refractivity contribution < 1.29 is 9.59 Å². The van der Waals surface area contributed by atoms with Crippen LogP contribution in [-0.2, 0) is 9.59 Å². The lowest BCUT2D eigenvalue weighted by Crippen LogP contribution is -2.29. The SMILES string of the molecule is CCC(C)(C)C(=O)Nc1nnc([C@H]2CC(=O)N(c3ccc(C)c(Cl)c3)C2)s1. The maximum atomic E-state index is 12.5. The van der Waals surface area contributed by atoms with E-state index in [0.29, 0.717) is 23.1 Å². The van der Waals surface area contributed by atoms with Gasteiger partial charge in [0.2, 0.25) is 16.9 Å². The second-order valence-electron chi connectivity index (χ2n) is 7.48. The van der Waals surface area contributed by atoms with Gasteiger partial charge in [-0.3, -0.25) is 9.59 Å². The van der Waals surface area contributed by atoms with Crippen LogP contribution in [0.5, 0.6) is 0 Å². The van der Waals surface area contributed by atoms with E-state index in [2.05, 4.69) is 15.5 Å². The lowest BCUT2D eigenvalue weighted by Gasteiger charge is -2.20. The topological polar surface area (TPSA) is 75.2 Å². The fourth-order valence-corrected chi connectivity index (χ4v) is 3.75. The Bertz CT molecular complexity index is 880. The third-order valence-corrected chi connectivity index (χ3v) is 6.51. The highest BCUT2D eigenvalue weighted by atomic mass is 35.5. The number of benzene rings is 1. The summed E-state index contributed by atoms with van der Waals surface area (Å²) in [6.45, 7) is 8.22. The second-order valence-corrected chi connectivity index (χ2v) is 8.89. The predicted octanol–water partition coefficient (Wildman–Crippen LogP) is 4.40. The number of aryl methyl sites for hydroxylation is 1. The second kappa shape index (κ2) is 7.56. The van der Waals surface area contributed by atoms with Gasteiger partial charge in [0.05, 0.1) is 0 Å². The van der Waals surface area contributed by atoms with E-state index >= 15 is 0 Å². The van der Waals surface area contributed by atoms with Crippen LogP contribution in [-0.4, -0.2) is 28.6 Å². The first-order valence-electron chi connectivity index (χ1n) is 8.92.